The van der Waals surface area contributed by atoms with Gasteiger partial charge in [-0.25, -0.2) is 0 Å². The van der Waals surface area contributed by atoms with Gasteiger partial charge in [0.2, 0.25) is 5.91 Å². The first kappa shape index (κ1) is 5.60. The Morgan fingerprint density at radius 2 is 2.25 bits per heavy atom. The molecule has 1 N–H and O–H groups in total. The Bertz CT molecular complexity index is 111. The fourth-order valence-corrected chi connectivity index (χ4v) is 0.873. The third-order valence-electron chi connectivity index (χ3n) is 1.69. The molecular formula is C6H11NO. The lowest BCUT2D eigenvalue weighted by atomic mass is 10.3. The summed E-state index contributed by atoms with van der Waals surface area (Å²) in [5.74, 6) is 1.17. The SMILES string of the molecule is CNC(=O)[C@@H]1C[C@@H]1C. The van der Waals surface area contributed by atoms with Gasteiger partial charge in [0, 0.05) is 13.0 Å². The van der Waals surface area contributed by atoms with E-state index in [2.05, 4.69) is 12.2 Å². The first-order valence-corrected chi connectivity index (χ1v) is 2.97. The average Bonchev–Trinajstić information content (AvgIpc) is 2.45. The third kappa shape index (κ3) is 0.831. The number of amides is 1. The van der Waals surface area contributed by atoms with Crippen molar-refractivity contribution < 1.29 is 4.79 Å². The molecule has 46 valence electrons. The van der Waals surface area contributed by atoms with Gasteiger partial charge in [0.25, 0.3) is 0 Å². The van der Waals surface area contributed by atoms with Crippen molar-refractivity contribution in [3.8, 4) is 0 Å². The summed E-state index contributed by atoms with van der Waals surface area (Å²) in [7, 11) is 1.69. The van der Waals surface area contributed by atoms with Gasteiger partial charge in [0.15, 0.2) is 0 Å². The Labute approximate surface area is 49.3 Å². The zero-order valence-electron chi connectivity index (χ0n) is 5.27. The number of rotatable bonds is 1. The maximum Gasteiger partial charge on any atom is 0.223 e. The fraction of sp³-hybridized carbons (Fsp3) is 0.833. The van der Waals surface area contributed by atoms with Gasteiger partial charge >= 0.3 is 0 Å². The summed E-state index contributed by atoms with van der Waals surface area (Å²) >= 11 is 0. The van der Waals surface area contributed by atoms with Gasteiger partial charge in [0.1, 0.15) is 0 Å². The third-order valence-corrected chi connectivity index (χ3v) is 1.69. The molecule has 0 spiro atoms. The molecule has 1 saturated carbocycles. The number of carbonyl (C=O) groups is 1. The van der Waals surface area contributed by atoms with Crippen LogP contribution in [0.4, 0.5) is 0 Å². The first-order valence-electron chi connectivity index (χ1n) is 2.97. The molecule has 2 nitrogen and oxygen atoms in total. The minimum Gasteiger partial charge on any atom is -0.359 e. The van der Waals surface area contributed by atoms with Crippen molar-refractivity contribution in [3.05, 3.63) is 0 Å². The van der Waals surface area contributed by atoms with E-state index in [0.717, 1.165) is 6.42 Å². The Morgan fingerprint density at radius 3 is 2.38 bits per heavy atom. The van der Waals surface area contributed by atoms with Crippen LogP contribution in [0.1, 0.15) is 13.3 Å². The summed E-state index contributed by atoms with van der Waals surface area (Å²) in [5.41, 5.74) is 0. The number of hydrogen-bond donors (Lipinski definition) is 1. The van der Waals surface area contributed by atoms with Crippen LogP contribution < -0.4 is 5.32 Å². The molecule has 8 heavy (non-hydrogen) atoms. The van der Waals surface area contributed by atoms with Crippen molar-refractivity contribution in [1.29, 1.82) is 0 Å². The molecule has 0 aromatic heterocycles. The van der Waals surface area contributed by atoms with Crippen LogP contribution in [-0.2, 0) is 4.79 Å². The maximum atomic E-state index is 10.7. The van der Waals surface area contributed by atoms with Gasteiger partial charge in [-0.3, -0.25) is 4.79 Å². The van der Waals surface area contributed by atoms with E-state index in [-0.39, 0.29) is 5.91 Å². The lowest BCUT2D eigenvalue weighted by molar-refractivity contribution is -0.122. The highest BCUT2D eigenvalue weighted by molar-refractivity contribution is 5.81. The van der Waals surface area contributed by atoms with E-state index in [4.69, 9.17) is 0 Å². The van der Waals surface area contributed by atoms with Crippen LogP contribution in [-0.4, -0.2) is 13.0 Å². The molecule has 1 aliphatic rings. The van der Waals surface area contributed by atoms with Crippen LogP contribution in [0.25, 0.3) is 0 Å². The van der Waals surface area contributed by atoms with Crippen molar-refractivity contribution >= 4 is 5.91 Å². The van der Waals surface area contributed by atoms with Crippen molar-refractivity contribution in [1.82, 2.24) is 5.32 Å². The molecule has 1 amide bonds. The van der Waals surface area contributed by atoms with Crippen molar-refractivity contribution in [3.63, 3.8) is 0 Å². The molecule has 0 bridgehead atoms. The zero-order valence-corrected chi connectivity index (χ0v) is 5.27. The molecule has 0 unspecified atom stereocenters. The summed E-state index contributed by atoms with van der Waals surface area (Å²) in [4.78, 5) is 10.7. The van der Waals surface area contributed by atoms with E-state index in [0.29, 0.717) is 11.8 Å². The van der Waals surface area contributed by atoms with E-state index in [9.17, 15) is 4.79 Å². The number of hydrogen-bond acceptors (Lipinski definition) is 1. The highest BCUT2D eigenvalue weighted by Gasteiger charge is 2.38. The topological polar surface area (TPSA) is 29.1 Å². The second-order valence-corrected chi connectivity index (χ2v) is 2.43. The van der Waals surface area contributed by atoms with E-state index >= 15 is 0 Å². The summed E-state index contributed by atoms with van der Waals surface area (Å²) < 4.78 is 0. The van der Waals surface area contributed by atoms with Crippen LogP contribution >= 0.6 is 0 Å². The molecule has 0 aromatic carbocycles. The van der Waals surface area contributed by atoms with Gasteiger partial charge in [-0.15, -0.1) is 0 Å². The molecule has 0 aliphatic heterocycles. The summed E-state index contributed by atoms with van der Waals surface area (Å²) in [5, 5.41) is 2.62. The summed E-state index contributed by atoms with van der Waals surface area (Å²) in [6.07, 6.45) is 1.08. The molecule has 1 fully saturated rings. The van der Waals surface area contributed by atoms with Gasteiger partial charge in [-0.1, -0.05) is 6.92 Å². The maximum absolute atomic E-state index is 10.7. The molecule has 0 radical (unpaired) electrons. The van der Waals surface area contributed by atoms with Gasteiger partial charge in [-0.2, -0.15) is 0 Å². The fourth-order valence-electron chi connectivity index (χ4n) is 0.873. The van der Waals surface area contributed by atoms with Crippen molar-refractivity contribution in [2.45, 2.75) is 13.3 Å². The van der Waals surface area contributed by atoms with Crippen LogP contribution in [0.3, 0.4) is 0 Å². The number of carbonyl (C=O) groups excluding carboxylic acids is 1. The lowest BCUT2D eigenvalue weighted by Crippen LogP contribution is -2.19. The molecule has 0 heterocycles. The lowest BCUT2D eigenvalue weighted by Gasteiger charge is -1.91. The predicted molar refractivity (Wildman–Crippen MR) is 31.3 cm³/mol. The van der Waals surface area contributed by atoms with Gasteiger partial charge < -0.3 is 5.32 Å². The minimum absolute atomic E-state index is 0.206. The average molecular weight is 113 g/mol. The standard InChI is InChI=1S/C6H11NO/c1-4-3-5(4)6(8)7-2/h4-5H,3H2,1-2H3,(H,7,8)/t4-,5+/m0/s1. The summed E-state index contributed by atoms with van der Waals surface area (Å²) in [6.45, 7) is 2.10. The van der Waals surface area contributed by atoms with Crippen molar-refractivity contribution in [2.75, 3.05) is 7.05 Å². The molecule has 2 atom stereocenters. The van der Waals surface area contributed by atoms with E-state index in [1.807, 2.05) is 0 Å². The largest absolute Gasteiger partial charge is 0.359 e. The van der Waals surface area contributed by atoms with Crippen LogP contribution in [0.15, 0.2) is 0 Å². The predicted octanol–water partition coefficient (Wildman–Crippen LogP) is 0.388. The summed E-state index contributed by atoms with van der Waals surface area (Å²) in [6, 6.07) is 0. The molecule has 1 aliphatic carbocycles. The second-order valence-electron chi connectivity index (χ2n) is 2.43. The van der Waals surface area contributed by atoms with Crippen LogP contribution in [0.2, 0.25) is 0 Å². The monoisotopic (exact) mass is 113 g/mol. The van der Waals surface area contributed by atoms with E-state index in [1.165, 1.54) is 0 Å². The molecule has 0 aromatic rings. The molecular weight excluding hydrogens is 102 g/mol. The highest BCUT2D eigenvalue weighted by Crippen LogP contribution is 2.37. The quantitative estimate of drug-likeness (QED) is 0.523. The second kappa shape index (κ2) is 1.77. The molecule has 2 heteroatoms. The van der Waals surface area contributed by atoms with Crippen LogP contribution in [0.5, 0.6) is 0 Å². The Balaban J connectivity index is 2.28. The van der Waals surface area contributed by atoms with Gasteiger partial charge in [-0.05, 0) is 12.3 Å². The Kier molecular flexibility index (Phi) is 1.24. The highest BCUT2D eigenvalue weighted by atomic mass is 16.1. The number of nitrogens with one attached hydrogen (secondary N) is 1. The van der Waals surface area contributed by atoms with Crippen LogP contribution in [0, 0.1) is 11.8 Å². The normalized spacial score (nSPS) is 34.2. The minimum atomic E-state index is 0.206. The Morgan fingerprint density at radius 1 is 1.75 bits per heavy atom. The molecule has 1 rings (SSSR count). The van der Waals surface area contributed by atoms with Gasteiger partial charge in [0.05, 0.1) is 0 Å². The zero-order chi connectivity index (χ0) is 6.15. The molecule has 0 saturated heterocycles. The smallest absolute Gasteiger partial charge is 0.223 e. The van der Waals surface area contributed by atoms with Crippen molar-refractivity contribution in [2.24, 2.45) is 11.8 Å². The first-order chi connectivity index (χ1) is 3.75. The van der Waals surface area contributed by atoms with E-state index < -0.39 is 0 Å². The Hall–Kier alpha value is -0.530. The van der Waals surface area contributed by atoms with E-state index in [1.54, 1.807) is 7.05 Å².